The molecule has 0 aromatic carbocycles. The van der Waals surface area contributed by atoms with Gasteiger partial charge in [0.05, 0.1) is 17.6 Å². The molecule has 4 rings (SSSR count). The number of hydrogen-bond donors (Lipinski definition) is 1. The van der Waals surface area contributed by atoms with E-state index in [-0.39, 0.29) is 11.8 Å². The van der Waals surface area contributed by atoms with Gasteiger partial charge in [-0.05, 0) is 37.1 Å². The van der Waals surface area contributed by atoms with Crippen LogP contribution in [0.3, 0.4) is 0 Å². The number of pyridine rings is 1. The highest BCUT2D eigenvalue weighted by Crippen LogP contribution is 2.28. The van der Waals surface area contributed by atoms with Gasteiger partial charge in [0.25, 0.3) is 0 Å². The van der Waals surface area contributed by atoms with Gasteiger partial charge in [-0.15, -0.1) is 0 Å². The fraction of sp³-hybridized carbons (Fsp3) is 0.542. The van der Waals surface area contributed by atoms with Crippen molar-refractivity contribution < 1.29 is 13.2 Å². The van der Waals surface area contributed by atoms with Crippen molar-refractivity contribution in [2.45, 2.75) is 58.2 Å². The highest BCUT2D eigenvalue weighted by molar-refractivity contribution is 7.89. The van der Waals surface area contributed by atoms with Gasteiger partial charge in [0.15, 0.2) is 5.65 Å². The van der Waals surface area contributed by atoms with Crippen LogP contribution < -0.4 is 5.32 Å². The SMILES string of the molecule is CCCS(=O)(=O)N1CC[C@@H](Nc2ncccc2-c2cnc3c(ccn3COCC[Si](C)(C)C)n2)C1. The molecule has 0 bridgehead atoms. The number of anilines is 1. The molecular weight excluding hydrogens is 480 g/mol. The van der Waals surface area contributed by atoms with Crippen molar-refractivity contribution in [3.8, 4) is 11.3 Å². The van der Waals surface area contributed by atoms with Gasteiger partial charge in [-0.3, -0.25) is 0 Å². The summed E-state index contributed by atoms with van der Waals surface area (Å²) in [4.78, 5) is 14.0. The molecule has 1 aliphatic rings. The van der Waals surface area contributed by atoms with E-state index in [1.54, 1.807) is 16.7 Å². The number of aromatic nitrogens is 4. The van der Waals surface area contributed by atoms with Crippen LogP contribution in [0.2, 0.25) is 25.7 Å². The molecule has 0 amide bonds. The molecule has 190 valence electrons. The van der Waals surface area contributed by atoms with Crippen molar-refractivity contribution in [2.75, 3.05) is 30.8 Å². The lowest BCUT2D eigenvalue weighted by Gasteiger charge is -2.18. The number of fused-ring (bicyclic) bond motifs is 1. The fourth-order valence-electron chi connectivity index (χ4n) is 4.14. The van der Waals surface area contributed by atoms with Gasteiger partial charge < -0.3 is 14.6 Å². The van der Waals surface area contributed by atoms with Crippen LogP contribution in [0.5, 0.6) is 0 Å². The molecule has 0 aliphatic carbocycles. The first kappa shape index (κ1) is 25.7. The molecule has 35 heavy (non-hydrogen) atoms. The smallest absolute Gasteiger partial charge is 0.214 e. The molecule has 3 aromatic heterocycles. The van der Waals surface area contributed by atoms with Crippen LogP contribution in [0.4, 0.5) is 5.82 Å². The minimum Gasteiger partial charge on any atom is -0.365 e. The van der Waals surface area contributed by atoms with Crippen molar-refractivity contribution in [1.29, 1.82) is 0 Å². The quantitative estimate of drug-likeness (QED) is 0.303. The first-order valence-corrected chi connectivity index (χ1v) is 17.6. The van der Waals surface area contributed by atoms with E-state index in [4.69, 9.17) is 9.72 Å². The third kappa shape index (κ3) is 6.46. The molecule has 9 nitrogen and oxygen atoms in total. The minimum atomic E-state index is -3.20. The number of ether oxygens (including phenoxy) is 1. The third-order valence-corrected chi connectivity index (χ3v) is 9.87. The lowest BCUT2D eigenvalue weighted by molar-refractivity contribution is 0.0899. The standard InChI is InChI=1S/C24H36N6O3SSi/c1-5-14-34(31,32)30-12-8-19(17-30)27-23-20(7-6-10-25-23)22-16-26-24-21(28-22)9-11-29(24)18-33-13-15-35(2,3)4/h6-7,9-11,16,19H,5,8,12-15,17-18H2,1-4H3,(H,25,27)/t19-/m1/s1. The largest absolute Gasteiger partial charge is 0.365 e. The van der Waals surface area contributed by atoms with Crippen molar-refractivity contribution in [3.05, 3.63) is 36.8 Å². The zero-order valence-electron chi connectivity index (χ0n) is 21.1. The molecule has 1 aliphatic heterocycles. The Morgan fingerprint density at radius 1 is 1.23 bits per heavy atom. The second kappa shape index (κ2) is 10.7. The van der Waals surface area contributed by atoms with E-state index >= 15 is 0 Å². The van der Waals surface area contributed by atoms with E-state index in [0.29, 0.717) is 32.1 Å². The lowest BCUT2D eigenvalue weighted by atomic mass is 10.1. The average molecular weight is 517 g/mol. The van der Waals surface area contributed by atoms with E-state index < -0.39 is 18.1 Å². The Hall–Kier alpha value is -2.34. The second-order valence-electron chi connectivity index (χ2n) is 10.3. The molecule has 1 fully saturated rings. The van der Waals surface area contributed by atoms with Gasteiger partial charge >= 0.3 is 0 Å². The lowest BCUT2D eigenvalue weighted by Crippen LogP contribution is -2.33. The van der Waals surface area contributed by atoms with Crippen molar-refractivity contribution in [1.82, 2.24) is 23.8 Å². The summed E-state index contributed by atoms with van der Waals surface area (Å²) in [6.45, 7) is 11.1. The minimum absolute atomic E-state index is 0.00126. The average Bonchev–Trinajstić information content (AvgIpc) is 3.44. The Morgan fingerprint density at radius 3 is 2.83 bits per heavy atom. The van der Waals surface area contributed by atoms with Crippen molar-refractivity contribution in [3.63, 3.8) is 0 Å². The summed E-state index contributed by atoms with van der Waals surface area (Å²) >= 11 is 0. The second-order valence-corrected chi connectivity index (χ2v) is 18.0. The molecule has 11 heteroatoms. The first-order valence-electron chi connectivity index (χ1n) is 12.3. The maximum atomic E-state index is 12.4. The Kier molecular flexibility index (Phi) is 7.89. The monoisotopic (exact) mass is 516 g/mol. The Morgan fingerprint density at radius 2 is 2.06 bits per heavy atom. The zero-order chi connectivity index (χ0) is 25.1. The maximum absolute atomic E-state index is 12.4. The maximum Gasteiger partial charge on any atom is 0.214 e. The summed E-state index contributed by atoms with van der Waals surface area (Å²) in [6.07, 6.45) is 6.80. The number of rotatable bonds is 11. The van der Waals surface area contributed by atoms with Crippen LogP contribution in [-0.2, 0) is 21.5 Å². The summed E-state index contributed by atoms with van der Waals surface area (Å²) in [6, 6.07) is 6.91. The molecule has 0 unspecified atom stereocenters. The Bertz CT molecular complexity index is 1260. The predicted octanol–water partition coefficient (Wildman–Crippen LogP) is 4.03. The molecular formula is C24H36N6O3SSi. The summed E-state index contributed by atoms with van der Waals surface area (Å²) < 4.78 is 34.3. The normalized spacial score (nSPS) is 17.3. The number of nitrogens with zero attached hydrogens (tertiary/aromatic N) is 5. The van der Waals surface area contributed by atoms with Gasteiger partial charge in [-0.2, -0.15) is 4.31 Å². The van der Waals surface area contributed by atoms with E-state index in [0.717, 1.165) is 41.5 Å². The van der Waals surface area contributed by atoms with Crippen LogP contribution in [0.1, 0.15) is 19.8 Å². The fourth-order valence-corrected chi connectivity index (χ4v) is 6.46. The van der Waals surface area contributed by atoms with E-state index in [1.807, 2.05) is 35.9 Å². The summed E-state index contributed by atoms with van der Waals surface area (Å²) in [5.41, 5.74) is 3.14. The predicted molar refractivity (Wildman–Crippen MR) is 143 cm³/mol. The van der Waals surface area contributed by atoms with Crippen molar-refractivity contribution >= 4 is 35.1 Å². The van der Waals surface area contributed by atoms with Gasteiger partial charge in [-0.1, -0.05) is 26.6 Å². The van der Waals surface area contributed by atoms with Crippen LogP contribution >= 0.6 is 0 Å². The molecule has 4 heterocycles. The highest BCUT2D eigenvalue weighted by Gasteiger charge is 2.31. The Balaban J connectivity index is 1.46. The topological polar surface area (TPSA) is 102 Å². The van der Waals surface area contributed by atoms with Gasteiger partial charge in [0, 0.05) is 51.8 Å². The number of sulfonamides is 1. The van der Waals surface area contributed by atoms with Crippen molar-refractivity contribution in [2.24, 2.45) is 0 Å². The van der Waals surface area contributed by atoms with Crippen LogP contribution in [0.25, 0.3) is 22.4 Å². The van der Waals surface area contributed by atoms with E-state index in [2.05, 4.69) is 34.9 Å². The molecule has 1 saturated heterocycles. The molecule has 1 N–H and O–H groups in total. The molecule has 0 spiro atoms. The van der Waals surface area contributed by atoms with Gasteiger partial charge in [0.1, 0.15) is 18.1 Å². The third-order valence-electron chi connectivity index (χ3n) is 6.12. The van der Waals surface area contributed by atoms with E-state index in [1.165, 1.54) is 0 Å². The first-order chi connectivity index (χ1) is 16.7. The molecule has 0 radical (unpaired) electrons. The number of hydrogen-bond acceptors (Lipinski definition) is 7. The van der Waals surface area contributed by atoms with Crippen LogP contribution in [-0.4, -0.2) is 71.8 Å². The van der Waals surface area contributed by atoms with Gasteiger partial charge in [-0.25, -0.2) is 23.4 Å². The zero-order valence-corrected chi connectivity index (χ0v) is 22.9. The summed E-state index contributed by atoms with van der Waals surface area (Å²) in [5.74, 6) is 0.877. The molecule has 3 aromatic rings. The Labute approximate surface area is 209 Å². The molecule has 0 saturated carbocycles. The van der Waals surface area contributed by atoms with Crippen LogP contribution in [0.15, 0.2) is 36.8 Å². The van der Waals surface area contributed by atoms with Crippen LogP contribution in [0, 0.1) is 0 Å². The van der Waals surface area contributed by atoms with Gasteiger partial charge in [0.2, 0.25) is 10.0 Å². The number of nitrogens with one attached hydrogen (secondary N) is 1. The molecule has 1 atom stereocenters. The van der Waals surface area contributed by atoms with E-state index in [9.17, 15) is 8.42 Å². The highest BCUT2D eigenvalue weighted by atomic mass is 32.2. The summed E-state index contributed by atoms with van der Waals surface area (Å²) in [5, 5.41) is 3.44. The summed E-state index contributed by atoms with van der Waals surface area (Å²) in [7, 11) is -4.32.